The zero-order valence-corrected chi connectivity index (χ0v) is 10.0. The topological polar surface area (TPSA) is 44.9 Å². The molecule has 1 fully saturated rings. The minimum Gasteiger partial charge on any atom is -0.358 e. The zero-order valence-electron chi connectivity index (χ0n) is 10.0. The van der Waals surface area contributed by atoms with Gasteiger partial charge in [-0.05, 0) is 25.5 Å². The van der Waals surface area contributed by atoms with Gasteiger partial charge in [0, 0.05) is 17.1 Å². The highest BCUT2D eigenvalue weighted by Crippen LogP contribution is 2.23. The van der Waals surface area contributed by atoms with E-state index in [1.807, 2.05) is 0 Å². The molecule has 1 saturated heterocycles. The smallest absolute Gasteiger partial charge is 0.181 e. The number of aromatic amines is 1. The van der Waals surface area contributed by atoms with E-state index in [9.17, 15) is 9.18 Å². The molecule has 0 saturated carbocycles. The summed E-state index contributed by atoms with van der Waals surface area (Å²) in [6, 6.07) is 4.69. The lowest BCUT2D eigenvalue weighted by Gasteiger charge is -2.21. The maximum absolute atomic E-state index is 13.5. The summed E-state index contributed by atoms with van der Waals surface area (Å²) in [4.78, 5) is 15.2. The van der Waals surface area contributed by atoms with E-state index in [-0.39, 0.29) is 17.6 Å². The fraction of sp³-hybridized carbons (Fsp3) is 0.357. The molecule has 1 unspecified atom stereocenters. The average molecular weight is 246 g/mol. The van der Waals surface area contributed by atoms with Gasteiger partial charge in [0.25, 0.3) is 0 Å². The lowest BCUT2D eigenvalue weighted by molar-refractivity contribution is 0.0929. The number of carbonyl (C=O) groups is 1. The minimum absolute atomic E-state index is 0.0616. The summed E-state index contributed by atoms with van der Waals surface area (Å²) in [6.45, 7) is 0.882. The number of nitrogens with one attached hydrogen (secondary N) is 2. The molecule has 1 aliphatic heterocycles. The third-order valence-electron chi connectivity index (χ3n) is 3.56. The van der Waals surface area contributed by atoms with Crippen molar-refractivity contribution in [2.24, 2.45) is 0 Å². The van der Waals surface area contributed by atoms with Crippen LogP contribution in [0.1, 0.15) is 29.6 Å². The van der Waals surface area contributed by atoms with E-state index in [2.05, 4.69) is 10.3 Å². The van der Waals surface area contributed by atoms with Gasteiger partial charge >= 0.3 is 0 Å². The molecular formula is C14H15FN2O. The maximum Gasteiger partial charge on any atom is 0.181 e. The molecule has 4 heteroatoms. The summed E-state index contributed by atoms with van der Waals surface area (Å²) in [7, 11) is 0. The number of Topliss-reactive ketones (excluding diaryl/α,β-unsaturated/α-hetero) is 1. The number of H-pyrrole nitrogens is 1. The second kappa shape index (κ2) is 4.53. The number of fused-ring (bicyclic) bond motifs is 1. The molecule has 3 nitrogen and oxygen atoms in total. The third kappa shape index (κ3) is 1.82. The van der Waals surface area contributed by atoms with Gasteiger partial charge in [-0.2, -0.15) is 0 Å². The first-order valence-electron chi connectivity index (χ1n) is 6.30. The van der Waals surface area contributed by atoms with Crippen LogP contribution >= 0.6 is 0 Å². The van der Waals surface area contributed by atoms with Gasteiger partial charge in [0.2, 0.25) is 0 Å². The van der Waals surface area contributed by atoms with Gasteiger partial charge in [-0.3, -0.25) is 4.79 Å². The lowest BCUT2D eigenvalue weighted by Crippen LogP contribution is -2.40. The number of para-hydroxylation sites is 1. The van der Waals surface area contributed by atoms with Crippen molar-refractivity contribution in [3.05, 3.63) is 35.8 Å². The summed E-state index contributed by atoms with van der Waals surface area (Å²) in [6.07, 6.45) is 4.67. The van der Waals surface area contributed by atoms with Crippen molar-refractivity contribution in [1.82, 2.24) is 10.3 Å². The number of hydrogen-bond acceptors (Lipinski definition) is 2. The number of carbonyl (C=O) groups excluding carboxylic acids is 1. The molecule has 18 heavy (non-hydrogen) atoms. The first-order chi connectivity index (χ1) is 8.77. The Morgan fingerprint density at radius 1 is 1.33 bits per heavy atom. The van der Waals surface area contributed by atoms with Crippen molar-refractivity contribution >= 4 is 16.7 Å². The standard InChI is InChI=1S/C14H15FN2O/c15-11-5-3-4-9-10(8-17-13(9)11)14(18)12-6-1-2-7-16-12/h3-5,8,12,16-17H,1-2,6-7H2. The molecule has 0 amide bonds. The van der Waals surface area contributed by atoms with Gasteiger partial charge in [0.15, 0.2) is 5.78 Å². The lowest BCUT2D eigenvalue weighted by atomic mass is 9.96. The van der Waals surface area contributed by atoms with Gasteiger partial charge in [0.05, 0.1) is 11.6 Å². The SMILES string of the molecule is O=C(c1c[nH]c2c(F)cccc12)C1CCCCN1. The Morgan fingerprint density at radius 3 is 3.00 bits per heavy atom. The highest BCUT2D eigenvalue weighted by Gasteiger charge is 2.24. The number of benzene rings is 1. The monoisotopic (exact) mass is 246 g/mol. The van der Waals surface area contributed by atoms with Crippen molar-refractivity contribution in [3.63, 3.8) is 0 Å². The molecule has 0 aliphatic carbocycles. The third-order valence-corrected chi connectivity index (χ3v) is 3.56. The van der Waals surface area contributed by atoms with Gasteiger partial charge in [-0.1, -0.05) is 18.6 Å². The molecular weight excluding hydrogens is 231 g/mol. The molecule has 2 N–H and O–H groups in total. The van der Waals surface area contributed by atoms with Crippen LogP contribution < -0.4 is 5.32 Å². The van der Waals surface area contributed by atoms with Crippen molar-refractivity contribution < 1.29 is 9.18 Å². The normalized spacial score (nSPS) is 20.2. The van der Waals surface area contributed by atoms with E-state index >= 15 is 0 Å². The average Bonchev–Trinajstić information content (AvgIpc) is 2.84. The second-order valence-corrected chi connectivity index (χ2v) is 4.73. The van der Waals surface area contributed by atoms with Crippen LogP contribution in [0.2, 0.25) is 0 Å². The highest BCUT2D eigenvalue weighted by atomic mass is 19.1. The van der Waals surface area contributed by atoms with Crippen LogP contribution in [0, 0.1) is 5.82 Å². The van der Waals surface area contributed by atoms with Gasteiger partial charge in [-0.25, -0.2) is 4.39 Å². The quantitative estimate of drug-likeness (QED) is 0.800. The van der Waals surface area contributed by atoms with Crippen LogP contribution in [0.3, 0.4) is 0 Å². The zero-order chi connectivity index (χ0) is 12.5. The summed E-state index contributed by atoms with van der Waals surface area (Å²) in [5, 5.41) is 3.90. The predicted octanol–water partition coefficient (Wildman–Crippen LogP) is 2.63. The summed E-state index contributed by atoms with van der Waals surface area (Å²) >= 11 is 0. The first-order valence-corrected chi connectivity index (χ1v) is 6.30. The van der Waals surface area contributed by atoms with Crippen LogP contribution in [0.15, 0.2) is 24.4 Å². The molecule has 94 valence electrons. The van der Waals surface area contributed by atoms with E-state index in [1.165, 1.54) is 6.07 Å². The number of halogens is 1. The largest absolute Gasteiger partial charge is 0.358 e. The Balaban J connectivity index is 1.98. The number of piperidine rings is 1. The molecule has 1 aliphatic rings. The van der Waals surface area contributed by atoms with Crippen molar-refractivity contribution in [2.45, 2.75) is 25.3 Å². The Morgan fingerprint density at radius 2 is 2.22 bits per heavy atom. The minimum atomic E-state index is -0.317. The summed E-state index contributed by atoms with van der Waals surface area (Å²) < 4.78 is 13.5. The van der Waals surface area contributed by atoms with Gasteiger partial charge < -0.3 is 10.3 Å². The number of ketones is 1. The molecule has 0 spiro atoms. The van der Waals surface area contributed by atoms with Crippen LogP contribution in [0.5, 0.6) is 0 Å². The van der Waals surface area contributed by atoms with E-state index in [4.69, 9.17) is 0 Å². The molecule has 1 aromatic carbocycles. The Hall–Kier alpha value is -1.68. The Bertz CT molecular complexity index is 584. The first kappa shape index (κ1) is 11.4. The predicted molar refractivity (Wildman–Crippen MR) is 68.2 cm³/mol. The Labute approximate surface area is 104 Å². The maximum atomic E-state index is 13.5. The fourth-order valence-electron chi connectivity index (χ4n) is 2.58. The van der Waals surface area contributed by atoms with Crippen LogP contribution in [-0.2, 0) is 0 Å². The van der Waals surface area contributed by atoms with Crippen LogP contribution in [0.25, 0.3) is 10.9 Å². The summed E-state index contributed by atoms with van der Waals surface area (Å²) in [5.74, 6) is -0.255. The molecule has 3 rings (SSSR count). The van der Waals surface area contributed by atoms with Gasteiger partial charge in [0.1, 0.15) is 5.82 Å². The number of rotatable bonds is 2. The van der Waals surface area contributed by atoms with Gasteiger partial charge in [-0.15, -0.1) is 0 Å². The molecule has 2 aromatic rings. The highest BCUT2D eigenvalue weighted by molar-refractivity contribution is 6.10. The number of hydrogen-bond donors (Lipinski definition) is 2. The molecule has 2 heterocycles. The van der Waals surface area contributed by atoms with E-state index in [0.29, 0.717) is 16.5 Å². The van der Waals surface area contributed by atoms with E-state index < -0.39 is 0 Å². The van der Waals surface area contributed by atoms with Crippen molar-refractivity contribution in [1.29, 1.82) is 0 Å². The number of aromatic nitrogens is 1. The fourth-order valence-corrected chi connectivity index (χ4v) is 2.58. The van der Waals surface area contributed by atoms with E-state index in [0.717, 1.165) is 25.8 Å². The second-order valence-electron chi connectivity index (χ2n) is 4.73. The van der Waals surface area contributed by atoms with Crippen molar-refractivity contribution in [3.8, 4) is 0 Å². The molecule has 1 atom stereocenters. The molecule has 0 radical (unpaired) electrons. The molecule has 1 aromatic heterocycles. The van der Waals surface area contributed by atoms with Crippen LogP contribution in [0.4, 0.5) is 4.39 Å². The van der Waals surface area contributed by atoms with Crippen LogP contribution in [-0.4, -0.2) is 23.4 Å². The Kier molecular flexibility index (Phi) is 2.88. The summed E-state index contributed by atoms with van der Waals surface area (Å²) in [5.41, 5.74) is 1.00. The molecule has 0 bridgehead atoms. The van der Waals surface area contributed by atoms with Crippen molar-refractivity contribution in [2.75, 3.05) is 6.54 Å². The van der Waals surface area contributed by atoms with E-state index in [1.54, 1.807) is 18.3 Å².